The fourth-order valence-corrected chi connectivity index (χ4v) is 4.45. The van der Waals surface area contributed by atoms with E-state index in [4.69, 9.17) is 16.3 Å². The van der Waals surface area contributed by atoms with Crippen LogP contribution in [-0.2, 0) is 21.4 Å². The highest BCUT2D eigenvalue weighted by Crippen LogP contribution is 2.25. The molecule has 8 heteroatoms. The summed E-state index contributed by atoms with van der Waals surface area (Å²) in [6.45, 7) is 0.0702. The predicted octanol–water partition coefficient (Wildman–Crippen LogP) is 2.26. The first-order chi connectivity index (χ1) is 10.5. The van der Waals surface area contributed by atoms with E-state index in [0.717, 1.165) is 16.9 Å². The summed E-state index contributed by atoms with van der Waals surface area (Å²) in [5, 5.41) is 9.31. The van der Waals surface area contributed by atoms with Gasteiger partial charge in [0.1, 0.15) is 4.21 Å². The van der Waals surface area contributed by atoms with Crippen LogP contribution in [-0.4, -0.2) is 32.8 Å². The summed E-state index contributed by atoms with van der Waals surface area (Å²) in [6, 6.07) is 11.7. The van der Waals surface area contributed by atoms with Gasteiger partial charge in [-0.1, -0.05) is 41.9 Å². The van der Waals surface area contributed by atoms with Crippen LogP contribution in [0.2, 0.25) is 4.34 Å². The molecular weight excluding hydrogens is 346 g/mol. The Morgan fingerprint density at radius 1 is 1.23 bits per heavy atom. The number of ether oxygens (including phenoxy) is 1. The minimum atomic E-state index is -3.70. The van der Waals surface area contributed by atoms with Crippen molar-refractivity contribution in [1.29, 1.82) is 0 Å². The zero-order valence-electron chi connectivity index (χ0n) is 11.6. The molecule has 0 saturated carbocycles. The SMILES string of the molecule is O=S(=O)(NC(CO)COCc1ccccc1)c1ccc(Cl)s1. The molecule has 2 rings (SSSR count). The van der Waals surface area contributed by atoms with Crippen LogP contribution >= 0.6 is 22.9 Å². The van der Waals surface area contributed by atoms with Crippen molar-refractivity contribution in [3.8, 4) is 0 Å². The first kappa shape index (κ1) is 17.4. The van der Waals surface area contributed by atoms with Gasteiger partial charge in [0.05, 0.1) is 30.2 Å². The van der Waals surface area contributed by atoms with Gasteiger partial charge < -0.3 is 9.84 Å². The number of hydrogen-bond acceptors (Lipinski definition) is 5. The number of rotatable bonds is 8. The van der Waals surface area contributed by atoms with E-state index in [1.807, 2.05) is 30.3 Å². The van der Waals surface area contributed by atoms with Crippen LogP contribution in [0.1, 0.15) is 5.56 Å². The summed E-state index contributed by atoms with van der Waals surface area (Å²) in [4.78, 5) is 0. The van der Waals surface area contributed by atoms with E-state index in [1.165, 1.54) is 12.1 Å². The van der Waals surface area contributed by atoms with Crippen molar-refractivity contribution >= 4 is 33.0 Å². The summed E-state index contributed by atoms with van der Waals surface area (Å²) in [6.07, 6.45) is 0. The molecule has 2 N–H and O–H groups in total. The predicted molar refractivity (Wildman–Crippen MR) is 86.6 cm³/mol. The second-order valence-corrected chi connectivity index (χ2v) is 8.22. The smallest absolute Gasteiger partial charge is 0.250 e. The Kier molecular flexibility index (Phi) is 6.37. The van der Waals surface area contributed by atoms with E-state index < -0.39 is 16.1 Å². The monoisotopic (exact) mass is 361 g/mol. The highest BCUT2D eigenvalue weighted by Gasteiger charge is 2.21. The van der Waals surface area contributed by atoms with Crippen LogP contribution in [0.15, 0.2) is 46.7 Å². The molecule has 2 aromatic rings. The molecule has 5 nitrogen and oxygen atoms in total. The Labute approximate surface area is 138 Å². The molecule has 0 aliphatic rings. The molecule has 120 valence electrons. The van der Waals surface area contributed by atoms with Crippen molar-refractivity contribution in [2.24, 2.45) is 0 Å². The van der Waals surface area contributed by atoms with Gasteiger partial charge in [0.25, 0.3) is 10.0 Å². The van der Waals surface area contributed by atoms with E-state index in [1.54, 1.807) is 0 Å². The Bertz CT molecular complexity index is 688. The Balaban J connectivity index is 1.89. The van der Waals surface area contributed by atoms with Gasteiger partial charge in [-0.3, -0.25) is 0 Å². The lowest BCUT2D eigenvalue weighted by molar-refractivity contribution is 0.0852. The van der Waals surface area contributed by atoms with Crippen LogP contribution in [0.3, 0.4) is 0 Å². The minimum Gasteiger partial charge on any atom is -0.395 e. The number of benzene rings is 1. The molecule has 0 amide bonds. The van der Waals surface area contributed by atoms with Gasteiger partial charge >= 0.3 is 0 Å². The molecule has 0 fully saturated rings. The van der Waals surface area contributed by atoms with Crippen LogP contribution < -0.4 is 4.72 Å². The average molecular weight is 362 g/mol. The molecule has 0 radical (unpaired) electrons. The second kappa shape index (κ2) is 8.05. The number of sulfonamides is 1. The van der Waals surface area contributed by atoms with Gasteiger partial charge in [-0.15, -0.1) is 11.3 Å². The lowest BCUT2D eigenvalue weighted by atomic mass is 10.2. The van der Waals surface area contributed by atoms with E-state index in [0.29, 0.717) is 10.9 Å². The molecule has 1 heterocycles. The van der Waals surface area contributed by atoms with E-state index in [9.17, 15) is 13.5 Å². The Hall–Kier alpha value is -0.960. The van der Waals surface area contributed by atoms with Gasteiger partial charge in [0.15, 0.2) is 0 Å². The summed E-state index contributed by atoms with van der Waals surface area (Å²) in [5.41, 5.74) is 0.979. The van der Waals surface area contributed by atoms with Gasteiger partial charge in [-0.25, -0.2) is 13.1 Å². The van der Waals surface area contributed by atoms with Crippen molar-refractivity contribution in [1.82, 2.24) is 4.72 Å². The Morgan fingerprint density at radius 3 is 2.55 bits per heavy atom. The van der Waals surface area contributed by atoms with E-state index in [2.05, 4.69) is 4.72 Å². The fraction of sp³-hybridized carbons (Fsp3) is 0.286. The zero-order valence-corrected chi connectivity index (χ0v) is 14.0. The summed E-state index contributed by atoms with van der Waals surface area (Å²) < 4.78 is 32.6. The van der Waals surface area contributed by atoms with Crippen molar-refractivity contribution in [2.45, 2.75) is 16.9 Å². The number of nitrogens with one attached hydrogen (secondary N) is 1. The molecule has 1 aromatic carbocycles. The lowest BCUT2D eigenvalue weighted by Crippen LogP contribution is -2.40. The van der Waals surface area contributed by atoms with Crippen LogP contribution in [0.5, 0.6) is 0 Å². The summed E-state index contributed by atoms with van der Waals surface area (Å²) >= 11 is 6.70. The third kappa shape index (κ3) is 5.05. The fourth-order valence-electron chi connectivity index (χ4n) is 1.74. The van der Waals surface area contributed by atoms with Gasteiger partial charge in [-0.05, 0) is 17.7 Å². The number of thiophene rings is 1. The minimum absolute atomic E-state index is 0.0731. The van der Waals surface area contributed by atoms with Crippen LogP contribution in [0, 0.1) is 0 Å². The Morgan fingerprint density at radius 2 is 1.95 bits per heavy atom. The van der Waals surface area contributed by atoms with Crippen molar-refractivity contribution < 1.29 is 18.3 Å². The average Bonchev–Trinajstić information content (AvgIpc) is 2.95. The van der Waals surface area contributed by atoms with Crippen LogP contribution in [0.4, 0.5) is 0 Å². The van der Waals surface area contributed by atoms with E-state index in [-0.39, 0.29) is 17.4 Å². The third-order valence-corrected chi connectivity index (χ3v) is 6.03. The van der Waals surface area contributed by atoms with E-state index >= 15 is 0 Å². The molecule has 0 bridgehead atoms. The van der Waals surface area contributed by atoms with Gasteiger partial charge in [-0.2, -0.15) is 0 Å². The molecule has 1 aromatic heterocycles. The second-order valence-electron chi connectivity index (χ2n) is 4.56. The maximum atomic E-state index is 12.1. The lowest BCUT2D eigenvalue weighted by Gasteiger charge is -2.16. The normalized spacial score (nSPS) is 13.2. The number of aliphatic hydroxyl groups is 1. The van der Waals surface area contributed by atoms with Crippen molar-refractivity contribution in [3.05, 3.63) is 52.4 Å². The van der Waals surface area contributed by atoms with Crippen molar-refractivity contribution in [3.63, 3.8) is 0 Å². The number of halogens is 1. The molecule has 0 aliphatic carbocycles. The zero-order chi connectivity index (χ0) is 16.0. The first-order valence-corrected chi connectivity index (χ1v) is 9.19. The highest BCUT2D eigenvalue weighted by atomic mass is 35.5. The summed E-state index contributed by atoms with van der Waals surface area (Å²) in [5.74, 6) is 0. The highest BCUT2D eigenvalue weighted by molar-refractivity contribution is 7.91. The maximum absolute atomic E-state index is 12.1. The molecule has 0 spiro atoms. The number of aliphatic hydroxyl groups excluding tert-OH is 1. The molecule has 0 aliphatic heterocycles. The van der Waals surface area contributed by atoms with Crippen LogP contribution in [0.25, 0.3) is 0 Å². The van der Waals surface area contributed by atoms with Crippen molar-refractivity contribution in [2.75, 3.05) is 13.2 Å². The first-order valence-electron chi connectivity index (χ1n) is 6.51. The molecule has 22 heavy (non-hydrogen) atoms. The van der Waals surface area contributed by atoms with Gasteiger partial charge in [0.2, 0.25) is 0 Å². The molecule has 0 saturated heterocycles. The molecule has 1 unspecified atom stereocenters. The van der Waals surface area contributed by atoms with Gasteiger partial charge in [0, 0.05) is 0 Å². The maximum Gasteiger partial charge on any atom is 0.250 e. The third-order valence-electron chi connectivity index (χ3n) is 2.79. The molecule has 1 atom stereocenters. The molecular formula is C14H16ClNO4S2. The number of hydrogen-bond donors (Lipinski definition) is 2. The topological polar surface area (TPSA) is 75.6 Å². The summed E-state index contributed by atoms with van der Waals surface area (Å²) in [7, 11) is -3.70. The largest absolute Gasteiger partial charge is 0.395 e. The standard InChI is InChI=1S/C14H16ClNO4S2/c15-13-6-7-14(21-13)22(18,19)16-12(8-17)10-20-9-11-4-2-1-3-5-11/h1-7,12,16-17H,8-10H2. The quantitative estimate of drug-likeness (QED) is 0.756.